The predicted octanol–water partition coefficient (Wildman–Crippen LogP) is 0.241. The highest BCUT2D eigenvalue weighted by Gasteiger charge is 2.35. The zero-order valence-electron chi connectivity index (χ0n) is 10.7. The van der Waals surface area contributed by atoms with Crippen LogP contribution in [-0.2, 0) is 9.59 Å². The highest BCUT2D eigenvalue weighted by molar-refractivity contribution is 5.90. The minimum Gasteiger partial charge on any atom is -0.354 e. The van der Waals surface area contributed by atoms with Crippen molar-refractivity contribution in [1.82, 2.24) is 10.2 Å². The number of nitrogens with two attached hydrogens (primary N) is 1. The first-order chi connectivity index (χ1) is 8.11. The number of nitrogens with one attached hydrogen (secondary N) is 1. The quantitative estimate of drug-likeness (QED) is 0.724. The van der Waals surface area contributed by atoms with Crippen LogP contribution in [0.3, 0.4) is 0 Å². The number of hydrogen-bond donors (Lipinski definition) is 2. The lowest BCUT2D eigenvalue weighted by Crippen LogP contribution is -2.51. The van der Waals surface area contributed by atoms with E-state index in [-0.39, 0.29) is 17.9 Å². The standard InChI is InChI=1S/C12H23N3O2/c1-3-7-14-11(16)10-6-5-8-15(10)12(17)9(13)4-2/h9-10H,3-8,13H2,1-2H3,(H,14,16)/t9?,10-/m0/s1. The summed E-state index contributed by atoms with van der Waals surface area (Å²) in [5.74, 6) is -0.136. The van der Waals surface area contributed by atoms with Gasteiger partial charge in [-0.1, -0.05) is 13.8 Å². The van der Waals surface area contributed by atoms with Crippen molar-refractivity contribution in [3.63, 3.8) is 0 Å². The summed E-state index contributed by atoms with van der Waals surface area (Å²) in [5.41, 5.74) is 5.74. The molecular weight excluding hydrogens is 218 g/mol. The van der Waals surface area contributed by atoms with E-state index in [1.165, 1.54) is 0 Å². The Hall–Kier alpha value is -1.10. The zero-order chi connectivity index (χ0) is 12.8. The lowest BCUT2D eigenvalue weighted by molar-refractivity contribution is -0.139. The SMILES string of the molecule is CCCNC(=O)[C@@H]1CCCN1C(=O)C(N)CC. The third-order valence-electron chi connectivity index (χ3n) is 3.14. The van der Waals surface area contributed by atoms with Crippen LogP contribution in [0.2, 0.25) is 0 Å². The van der Waals surface area contributed by atoms with Gasteiger partial charge < -0.3 is 16.0 Å². The normalized spacial score (nSPS) is 21.4. The fourth-order valence-electron chi connectivity index (χ4n) is 2.06. The fraction of sp³-hybridized carbons (Fsp3) is 0.833. The number of amides is 2. The van der Waals surface area contributed by atoms with E-state index in [4.69, 9.17) is 5.73 Å². The van der Waals surface area contributed by atoms with Crippen LogP contribution < -0.4 is 11.1 Å². The average molecular weight is 241 g/mol. The first kappa shape index (κ1) is 14.0. The van der Waals surface area contributed by atoms with Crippen LogP contribution in [0.25, 0.3) is 0 Å². The van der Waals surface area contributed by atoms with E-state index in [2.05, 4.69) is 5.32 Å². The van der Waals surface area contributed by atoms with Crippen LogP contribution in [-0.4, -0.2) is 41.9 Å². The van der Waals surface area contributed by atoms with Crippen LogP contribution in [0.4, 0.5) is 0 Å². The second-order valence-electron chi connectivity index (χ2n) is 4.50. The van der Waals surface area contributed by atoms with Gasteiger partial charge in [0.05, 0.1) is 6.04 Å². The Labute approximate surface area is 103 Å². The van der Waals surface area contributed by atoms with Crippen molar-refractivity contribution in [1.29, 1.82) is 0 Å². The van der Waals surface area contributed by atoms with Gasteiger partial charge in [0.15, 0.2) is 0 Å². The Morgan fingerprint density at radius 2 is 2.18 bits per heavy atom. The molecular formula is C12H23N3O2. The molecule has 0 bridgehead atoms. The molecule has 1 aliphatic heterocycles. The number of nitrogens with zero attached hydrogens (tertiary/aromatic N) is 1. The average Bonchev–Trinajstić information content (AvgIpc) is 2.83. The van der Waals surface area contributed by atoms with Crippen LogP contribution in [0.1, 0.15) is 39.5 Å². The summed E-state index contributed by atoms with van der Waals surface area (Å²) < 4.78 is 0. The van der Waals surface area contributed by atoms with Gasteiger partial charge in [0.1, 0.15) is 6.04 Å². The Kier molecular flexibility index (Phi) is 5.41. The maximum absolute atomic E-state index is 12.0. The molecule has 1 heterocycles. The summed E-state index contributed by atoms with van der Waals surface area (Å²) in [7, 11) is 0. The van der Waals surface area contributed by atoms with Gasteiger partial charge in [-0.2, -0.15) is 0 Å². The van der Waals surface area contributed by atoms with Crippen molar-refractivity contribution in [2.75, 3.05) is 13.1 Å². The number of carbonyl (C=O) groups excluding carboxylic acids is 2. The molecule has 0 aromatic carbocycles. The van der Waals surface area contributed by atoms with Crippen molar-refractivity contribution in [2.24, 2.45) is 5.73 Å². The molecule has 0 saturated carbocycles. The number of rotatable bonds is 5. The van der Waals surface area contributed by atoms with Gasteiger partial charge in [0, 0.05) is 13.1 Å². The molecule has 1 unspecified atom stereocenters. The molecule has 98 valence electrons. The molecule has 17 heavy (non-hydrogen) atoms. The number of carbonyl (C=O) groups is 2. The van der Waals surface area contributed by atoms with Gasteiger partial charge in [0.2, 0.25) is 11.8 Å². The molecule has 0 aromatic rings. The third-order valence-corrected chi connectivity index (χ3v) is 3.14. The Morgan fingerprint density at radius 1 is 1.47 bits per heavy atom. The fourth-order valence-corrected chi connectivity index (χ4v) is 2.06. The highest BCUT2D eigenvalue weighted by Crippen LogP contribution is 2.18. The smallest absolute Gasteiger partial charge is 0.242 e. The summed E-state index contributed by atoms with van der Waals surface area (Å²) >= 11 is 0. The topological polar surface area (TPSA) is 75.4 Å². The summed E-state index contributed by atoms with van der Waals surface area (Å²) in [5, 5.41) is 2.84. The maximum atomic E-state index is 12.0. The van der Waals surface area contributed by atoms with E-state index in [1.807, 2.05) is 13.8 Å². The maximum Gasteiger partial charge on any atom is 0.242 e. The number of hydrogen-bond acceptors (Lipinski definition) is 3. The molecule has 0 spiro atoms. The molecule has 1 rings (SSSR count). The van der Waals surface area contributed by atoms with E-state index in [0.717, 1.165) is 19.3 Å². The molecule has 2 amide bonds. The molecule has 1 fully saturated rings. The zero-order valence-corrected chi connectivity index (χ0v) is 10.7. The van der Waals surface area contributed by atoms with E-state index < -0.39 is 6.04 Å². The molecule has 1 saturated heterocycles. The van der Waals surface area contributed by atoms with Crippen LogP contribution >= 0.6 is 0 Å². The Morgan fingerprint density at radius 3 is 2.76 bits per heavy atom. The first-order valence-electron chi connectivity index (χ1n) is 6.45. The van der Waals surface area contributed by atoms with Crippen LogP contribution in [0, 0.1) is 0 Å². The van der Waals surface area contributed by atoms with E-state index >= 15 is 0 Å². The molecule has 0 aromatic heterocycles. The second kappa shape index (κ2) is 6.59. The van der Waals surface area contributed by atoms with E-state index in [9.17, 15) is 9.59 Å². The Bertz CT molecular complexity index is 281. The minimum absolute atomic E-state index is 0.0407. The lowest BCUT2D eigenvalue weighted by Gasteiger charge is -2.26. The third kappa shape index (κ3) is 3.43. The molecule has 5 nitrogen and oxygen atoms in total. The van der Waals surface area contributed by atoms with Gasteiger partial charge in [-0.05, 0) is 25.7 Å². The molecule has 1 aliphatic rings. The number of likely N-dealkylation sites (tertiary alicyclic amines) is 1. The second-order valence-corrected chi connectivity index (χ2v) is 4.50. The van der Waals surface area contributed by atoms with Crippen molar-refractivity contribution in [3.05, 3.63) is 0 Å². The summed E-state index contributed by atoms with van der Waals surface area (Å²) in [6.07, 6.45) is 3.14. The minimum atomic E-state index is -0.477. The highest BCUT2D eigenvalue weighted by atomic mass is 16.2. The van der Waals surface area contributed by atoms with Gasteiger partial charge in [-0.3, -0.25) is 9.59 Å². The van der Waals surface area contributed by atoms with Crippen molar-refractivity contribution < 1.29 is 9.59 Å². The van der Waals surface area contributed by atoms with Crippen LogP contribution in [0.5, 0.6) is 0 Å². The Balaban J connectivity index is 2.59. The van der Waals surface area contributed by atoms with Gasteiger partial charge in [-0.15, -0.1) is 0 Å². The molecule has 5 heteroatoms. The predicted molar refractivity (Wildman–Crippen MR) is 66.3 cm³/mol. The van der Waals surface area contributed by atoms with Crippen molar-refractivity contribution >= 4 is 11.8 Å². The van der Waals surface area contributed by atoms with E-state index in [0.29, 0.717) is 19.5 Å². The summed E-state index contributed by atoms with van der Waals surface area (Å²) in [4.78, 5) is 25.5. The molecule has 0 radical (unpaired) electrons. The van der Waals surface area contributed by atoms with Gasteiger partial charge in [0.25, 0.3) is 0 Å². The summed E-state index contributed by atoms with van der Waals surface area (Å²) in [6.45, 7) is 5.20. The summed E-state index contributed by atoms with van der Waals surface area (Å²) in [6, 6.07) is -0.791. The monoisotopic (exact) mass is 241 g/mol. The van der Waals surface area contributed by atoms with Gasteiger partial charge >= 0.3 is 0 Å². The molecule has 0 aliphatic carbocycles. The van der Waals surface area contributed by atoms with Gasteiger partial charge in [-0.25, -0.2) is 0 Å². The van der Waals surface area contributed by atoms with Crippen LogP contribution in [0.15, 0.2) is 0 Å². The molecule has 3 N–H and O–H groups in total. The van der Waals surface area contributed by atoms with E-state index in [1.54, 1.807) is 4.90 Å². The lowest BCUT2D eigenvalue weighted by atomic mass is 10.1. The molecule has 2 atom stereocenters. The largest absolute Gasteiger partial charge is 0.354 e. The first-order valence-corrected chi connectivity index (χ1v) is 6.45. The van der Waals surface area contributed by atoms with Crippen molar-refractivity contribution in [3.8, 4) is 0 Å². The van der Waals surface area contributed by atoms with Crippen molar-refractivity contribution in [2.45, 2.75) is 51.6 Å².